The zero-order valence-electron chi connectivity index (χ0n) is 23.2. The molecule has 0 N–H and O–H groups in total. The van der Waals surface area contributed by atoms with E-state index in [0.717, 1.165) is 51.6 Å². The van der Waals surface area contributed by atoms with Crippen molar-refractivity contribution in [2.24, 2.45) is 5.92 Å². The molecule has 9 heteroatoms. The fourth-order valence-electron chi connectivity index (χ4n) is 5.90. The summed E-state index contributed by atoms with van der Waals surface area (Å²) >= 11 is 0. The highest BCUT2D eigenvalue weighted by atomic mass is 16.5. The number of carbonyl (C=O) groups excluding carboxylic acids is 1. The lowest BCUT2D eigenvalue weighted by atomic mass is 9.98. The van der Waals surface area contributed by atoms with Crippen molar-refractivity contribution in [2.75, 3.05) is 13.7 Å². The van der Waals surface area contributed by atoms with Crippen molar-refractivity contribution in [3.63, 3.8) is 0 Å². The van der Waals surface area contributed by atoms with Gasteiger partial charge in [0.05, 0.1) is 24.9 Å². The van der Waals surface area contributed by atoms with Crippen molar-refractivity contribution in [1.82, 2.24) is 24.3 Å². The number of nitrogens with zero attached hydrogens (tertiary/aromatic N) is 6. The Labute approximate surface area is 238 Å². The third kappa shape index (κ3) is 5.25. The number of ether oxygens (including phenoxy) is 2. The Morgan fingerprint density at radius 2 is 1.93 bits per heavy atom. The first-order valence-electron chi connectivity index (χ1n) is 14.0. The van der Waals surface area contributed by atoms with E-state index in [9.17, 15) is 4.79 Å². The second kappa shape index (κ2) is 11.4. The number of hydrogen-bond acceptors (Lipinski definition) is 6. The number of fused-ring (bicyclic) bond motifs is 2. The maximum atomic E-state index is 13.0. The number of benzene rings is 2. The highest BCUT2D eigenvalue weighted by Crippen LogP contribution is 2.35. The van der Waals surface area contributed by atoms with Gasteiger partial charge in [-0.2, -0.15) is 5.10 Å². The van der Waals surface area contributed by atoms with Crippen molar-refractivity contribution in [3.05, 3.63) is 84.4 Å². The minimum absolute atomic E-state index is 0.0436. The Balaban J connectivity index is 1.18. The predicted octanol–water partition coefficient (Wildman–Crippen LogP) is 6.41. The van der Waals surface area contributed by atoms with Crippen molar-refractivity contribution < 1.29 is 14.3 Å². The molecule has 1 fully saturated rings. The lowest BCUT2D eigenvalue weighted by Gasteiger charge is -2.18. The predicted molar refractivity (Wildman–Crippen MR) is 156 cm³/mol. The van der Waals surface area contributed by atoms with Gasteiger partial charge >= 0.3 is 5.97 Å². The Bertz CT molecular complexity index is 1740. The average molecular weight is 549 g/mol. The van der Waals surface area contributed by atoms with Crippen LogP contribution in [0.3, 0.4) is 0 Å². The van der Waals surface area contributed by atoms with Crippen LogP contribution in [-0.4, -0.2) is 43.9 Å². The summed E-state index contributed by atoms with van der Waals surface area (Å²) in [6.07, 6.45) is 11.9. The zero-order chi connectivity index (χ0) is 28.3. The van der Waals surface area contributed by atoms with E-state index >= 15 is 0 Å². The van der Waals surface area contributed by atoms with E-state index in [1.807, 2.05) is 77.2 Å². The Morgan fingerprint density at radius 3 is 2.73 bits per heavy atom. The molecule has 9 nitrogen and oxygen atoms in total. The third-order valence-corrected chi connectivity index (χ3v) is 8.26. The van der Waals surface area contributed by atoms with Crippen LogP contribution < -0.4 is 4.74 Å². The first-order valence-corrected chi connectivity index (χ1v) is 14.0. The van der Waals surface area contributed by atoms with Crippen LogP contribution >= 0.6 is 0 Å². The molecule has 1 aliphatic rings. The second-order valence-corrected chi connectivity index (χ2v) is 10.7. The van der Waals surface area contributed by atoms with Gasteiger partial charge in [-0.15, -0.1) is 0 Å². The molecule has 0 spiro atoms. The summed E-state index contributed by atoms with van der Waals surface area (Å²) in [5, 5.41) is 7.57. The smallest absolute Gasteiger partial charge is 0.314 e. The molecule has 6 rings (SSSR count). The number of hydrogen-bond donors (Lipinski definition) is 0. The first kappa shape index (κ1) is 26.5. The van der Waals surface area contributed by atoms with Gasteiger partial charge in [-0.25, -0.2) is 16.5 Å². The third-order valence-electron chi connectivity index (χ3n) is 8.26. The normalized spacial score (nSPS) is 15.1. The fraction of sp³-hybridized carbons (Fsp3) is 0.344. The van der Waals surface area contributed by atoms with Gasteiger partial charge in [-0.05, 0) is 60.2 Å². The van der Waals surface area contributed by atoms with Gasteiger partial charge in [-0.1, -0.05) is 37.1 Å². The van der Waals surface area contributed by atoms with Gasteiger partial charge in [0, 0.05) is 23.3 Å². The molecule has 0 saturated heterocycles. The minimum Gasteiger partial charge on any atom is -0.497 e. The number of rotatable bonds is 9. The highest BCUT2D eigenvalue weighted by Gasteiger charge is 2.29. The summed E-state index contributed by atoms with van der Waals surface area (Å²) in [6.45, 7) is 9.77. The summed E-state index contributed by atoms with van der Waals surface area (Å²) in [5.74, 6) is 0.542. The van der Waals surface area contributed by atoms with Crippen LogP contribution in [-0.2, 0) is 16.3 Å². The summed E-state index contributed by atoms with van der Waals surface area (Å²) < 4.78 is 14.8. The SMILES string of the molecule is [C-]#[N+]C[C@H](C1CCCC1)n1cc(-c2ncnc3c2ccn3COC(=O)[C@@H](C)c2ccc3cc(OC)ccc3c2)cn1. The van der Waals surface area contributed by atoms with Crippen LogP contribution in [0.5, 0.6) is 5.75 Å². The molecule has 0 aliphatic heterocycles. The topological polar surface area (TPSA) is 88.4 Å². The quantitative estimate of drug-likeness (QED) is 0.156. The zero-order valence-corrected chi connectivity index (χ0v) is 23.2. The molecule has 0 radical (unpaired) electrons. The highest BCUT2D eigenvalue weighted by molar-refractivity contribution is 5.90. The molecular formula is C32H32N6O3. The lowest BCUT2D eigenvalue weighted by Crippen LogP contribution is -2.20. The molecule has 0 bridgehead atoms. The van der Waals surface area contributed by atoms with E-state index < -0.39 is 5.92 Å². The maximum Gasteiger partial charge on any atom is 0.314 e. The monoisotopic (exact) mass is 548 g/mol. The summed E-state index contributed by atoms with van der Waals surface area (Å²) in [6, 6.07) is 13.9. The van der Waals surface area contributed by atoms with E-state index in [0.29, 0.717) is 18.1 Å². The van der Waals surface area contributed by atoms with Gasteiger partial charge in [0.25, 0.3) is 0 Å². The second-order valence-electron chi connectivity index (χ2n) is 10.7. The molecule has 2 atom stereocenters. The van der Waals surface area contributed by atoms with E-state index in [4.69, 9.17) is 16.0 Å². The van der Waals surface area contributed by atoms with Crippen LogP contribution in [0.1, 0.15) is 50.1 Å². The van der Waals surface area contributed by atoms with Gasteiger partial charge in [0.15, 0.2) is 6.73 Å². The van der Waals surface area contributed by atoms with E-state index in [1.54, 1.807) is 7.11 Å². The minimum atomic E-state index is -0.428. The molecule has 1 saturated carbocycles. The number of esters is 1. The van der Waals surface area contributed by atoms with Crippen LogP contribution in [0, 0.1) is 12.5 Å². The Morgan fingerprint density at radius 1 is 1.12 bits per heavy atom. The summed E-state index contributed by atoms with van der Waals surface area (Å²) in [4.78, 5) is 25.7. The number of aromatic nitrogens is 5. The van der Waals surface area contributed by atoms with Gasteiger partial charge in [0.2, 0.25) is 6.54 Å². The molecule has 3 aromatic heterocycles. The van der Waals surface area contributed by atoms with Crippen molar-refractivity contribution in [3.8, 4) is 17.0 Å². The van der Waals surface area contributed by atoms with Gasteiger partial charge < -0.3 is 14.3 Å². The van der Waals surface area contributed by atoms with Crippen molar-refractivity contribution >= 4 is 27.8 Å². The van der Waals surface area contributed by atoms with Crippen LogP contribution in [0.15, 0.2) is 67.4 Å². The van der Waals surface area contributed by atoms with Crippen molar-refractivity contribution in [2.45, 2.75) is 51.3 Å². The molecule has 41 heavy (non-hydrogen) atoms. The number of carbonyl (C=O) groups is 1. The van der Waals surface area contributed by atoms with E-state index in [-0.39, 0.29) is 18.7 Å². The van der Waals surface area contributed by atoms with E-state index in [2.05, 4.69) is 19.9 Å². The molecular weight excluding hydrogens is 516 g/mol. The van der Waals surface area contributed by atoms with Crippen molar-refractivity contribution in [1.29, 1.82) is 0 Å². The molecule has 0 amide bonds. The largest absolute Gasteiger partial charge is 0.497 e. The molecule has 3 heterocycles. The first-order chi connectivity index (χ1) is 20.1. The van der Waals surface area contributed by atoms with Crippen LogP contribution in [0.2, 0.25) is 0 Å². The van der Waals surface area contributed by atoms with Gasteiger partial charge in [-0.3, -0.25) is 14.0 Å². The van der Waals surface area contributed by atoms with Crippen LogP contribution in [0.25, 0.3) is 37.9 Å². The van der Waals surface area contributed by atoms with E-state index in [1.165, 1.54) is 19.2 Å². The summed E-state index contributed by atoms with van der Waals surface area (Å²) in [7, 11) is 1.65. The molecule has 208 valence electrons. The Kier molecular flexibility index (Phi) is 7.38. The molecule has 1 aliphatic carbocycles. The van der Waals surface area contributed by atoms with Crippen LogP contribution in [0.4, 0.5) is 0 Å². The molecule has 2 aromatic carbocycles. The number of methoxy groups -OCH3 is 1. The lowest BCUT2D eigenvalue weighted by molar-refractivity contribution is -0.148. The van der Waals surface area contributed by atoms with Gasteiger partial charge in [0.1, 0.15) is 23.8 Å². The standard InChI is InChI=1S/C32H32N6O3/c1-21(23-8-9-25-15-27(40-3)11-10-24(25)14-23)32(39)41-20-37-13-12-28-30(34-19-35-31(28)37)26-16-36-38(18-26)29(17-33-2)22-6-4-5-7-22/h8-16,18-19,21-22,29H,4-7,17,20H2,1,3H3/t21-,29+/m0/s1. The molecule has 0 unspecified atom stereocenters. The summed E-state index contributed by atoms with van der Waals surface area (Å²) in [5.41, 5.74) is 3.21. The maximum absolute atomic E-state index is 13.0. The molecule has 5 aromatic rings. The average Bonchev–Trinajstić information content (AvgIpc) is 3.79. The fourth-order valence-corrected chi connectivity index (χ4v) is 5.90. The Hall–Kier alpha value is -4.71.